The van der Waals surface area contributed by atoms with Crippen LogP contribution in [0.15, 0.2) is 42.6 Å². The SMILES string of the molecule is CC(=O)Nc1ccc(Nc2ccc(C(=O)O)cn2)cc1. The number of hydrogen-bond acceptors (Lipinski definition) is 4. The molecular formula is C14H13N3O3. The summed E-state index contributed by atoms with van der Waals surface area (Å²) >= 11 is 0. The summed E-state index contributed by atoms with van der Waals surface area (Å²) in [5, 5.41) is 14.5. The zero-order valence-electron chi connectivity index (χ0n) is 10.8. The van der Waals surface area contributed by atoms with Gasteiger partial charge in [0.15, 0.2) is 0 Å². The fraction of sp³-hybridized carbons (Fsp3) is 0.0714. The Balaban J connectivity index is 2.06. The molecule has 102 valence electrons. The number of rotatable bonds is 4. The fourth-order valence-corrected chi connectivity index (χ4v) is 1.58. The molecule has 0 aliphatic rings. The summed E-state index contributed by atoms with van der Waals surface area (Å²) < 4.78 is 0. The van der Waals surface area contributed by atoms with Crippen LogP contribution in [0.25, 0.3) is 0 Å². The quantitative estimate of drug-likeness (QED) is 0.794. The summed E-state index contributed by atoms with van der Waals surface area (Å²) in [7, 11) is 0. The molecule has 1 aromatic heterocycles. The van der Waals surface area contributed by atoms with Gasteiger partial charge in [-0.05, 0) is 36.4 Å². The van der Waals surface area contributed by atoms with Crippen LogP contribution in [0.3, 0.4) is 0 Å². The molecule has 20 heavy (non-hydrogen) atoms. The van der Waals surface area contributed by atoms with Crippen molar-refractivity contribution in [3.05, 3.63) is 48.2 Å². The van der Waals surface area contributed by atoms with E-state index in [9.17, 15) is 9.59 Å². The fourth-order valence-electron chi connectivity index (χ4n) is 1.58. The summed E-state index contributed by atoms with van der Waals surface area (Å²) in [6.07, 6.45) is 1.29. The molecule has 6 nitrogen and oxygen atoms in total. The third-order valence-corrected chi connectivity index (χ3v) is 2.49. The van der Waals surface area contributed by atoms with Gasteiger partial charge in [0, 0.05) is 24.5 Å². The number of amides is 1. The molecule has 2 aromatic rings. The van der Waals surface area contributed by atoms with E-state index in [1.807, 2.05) is 0 Å². The molecule has 0 saturated carbocycles. The van der Waals surface area contributed by atoms with Crippen molar-refractivity contribution in [2.75, 3.05) is 10.6 Å². The highest BCUT2D eigenvalue weighted by Gasteiger charge is 2.03. The molecule has 1 aromatic carbocycles. The number of carbonyl (C=O) groups is 2. The Hall–Kier alpha value is -2.89. The lowest BCUT2D eigenvalue weighted by molar-refractivity contribution is -0.114. The van der Waals surface area contributed by atoms with Crippen molar-refractivity contribution in [3.63, 3.8) is 0 Å². The monoisotopic (exact) mass is 271 g/mol. The second-order valence-corrected chi connectivity index (χ2v) is 4.12. The van der Waals surface area contributed by atoms with Gasteiger partial charge in [-0.1, -0.05) is 0 Å². The van der Waals surface area contributed by atoms with Crippen LogP contribution >= 0.6 is 0 Å². The molecule has 2 rings (SSSR count). The maximum absolute atomic E-state index is 10.9. The van der Waals surface area contributed by atoms with Crippen molar-refractivity contribution in [2.24, 2.45) is 0 Å². The Morgan fingerprint density at radius 2 is 1.70 bits per heavy atom. The van der Waals surface area contributed by atoms with Crippen LogP contribution in [0.1, 0.15) is 17.3 Å². The highest BCUT2D eigenvalue weighted by Crippen LogP contribution is 2.17. The minimum absolute atomic E-state index is 0.128. The first-order valence-corrected chi connectivity index (χ1v) is 5.88. The number of pyridine rings is 1. The normalized spacial score (nSPS) is 9.85. The van der Waals surface area contributed by atoms with Crippen LogP contribution in [0.4, 0.5) is 17.2 Å². The number of benzene rings is 1. The predicted octanol–water partition coefficient (Wildman–Crippen LogP) is 2.48. The van der Waals surface area contributed by atoms with E-state index in [0.717, 1.165) is 5.69 Å². The lowest BCUT2D eigenvalue weighted by atomic mass is 10.2. The third kappa shape index (κ3) is 3.55. The van der Waals surface area contributed by atoms with Crippen molar-refractivity contribution < 1.29 is 14.7 Å². The highest BCUT2D eigenvalue weighted by atomic mass is 16.4. The molecule has 0 unspecified atom stereocenters. The summed E-state index contributed by atoms with van der Waals surface area (Å²) in [6.45, 7) is 1.44. The van der Waals surface area contributed by atoms with Gasteiger partial charge < -0.3 is 15.7 Å². The standard InChI is InChI=1S/C14H13N3O3/c1-9(18)16-11-3-5-12(6-4-11)17-13-7-2-10(8-15-13)14(19)20/h2-8H,1H3,(H,15,17)(H,16,18)(H,19,20). The van der Waals surface area contributed by atoms with Crippen molar-refractivity contribution in [2.45, 2.75) is 6.92 Å². The highest BCUT2D eigenvalue weighted by molar-refractivity contribution is 5.89. The Morgan fingerprint density at radius 3 is 2.20 bits per heavy atom. The van der Waals surface area contributed by atoms with E-state index in [4.69, 9.17) is 5.11 Å². The minimum atomic E-state index is -1.01. The third-order valence-electron chi connectivity index (χ3n) is 2.49. The summed E-state index contributed by atoms with van der Waals surface area (Å²) in [5.74, 6) is -0.595. The summed E-state index contributed by atoms with van der Waals surface area (Å²) in [5.41, 5.74) is 1.63. The molecule has 0 aliphatic carbocycles. The first-order chi connectivity index (χ1) is 9.54. The van der Waals surface area contributed by atoms with Gasteiger partial charge in [-0.2, -0.15) is 0 Å². The molecule has 3 N–H and O–H groups in total. The molecule has 1 heterocycles. The number of aromatic carboxylic acids is 1. The predicted molar refractivity (Wildman–Crippen MR) is 75.2 cm³/mol. The number of nitrogens with one attached hydrogen (secondary N) is 2. The number of hydrogen-bond donors (Lipinski definition) is 3. The molecule has 0 radical (unpaired) electrons. The van der Waals surface area contributed by atoms with E-state index in [1.165, 1.54) is 19.2 Å². The van der Waals surface area contributed by atoms with Gasteiger partial charge >= 0.3 is 5.97 Å². The molecule has 1 amide bonds. The van der Waals surface area contributed by atoms with Gasteiger partial charge in [-0.25, -0.2) is 9.78 Å². The Morgan fingerprint density at radius 1 is 1.05 bits per heavy atom. The first kappa shape index (κ1) is 13.5. The van der Waals surface area contributed by atoms with Gasteiger partial charge in [0.05, 0.1) is 5.56 Å². The van der Waals surface area contributed by atoms with Gasteiger partial charge in [-0.15, -0.1) is 0 Å². The molecule has 0 bridgehead atoms. The molecule has 0 spiro atoms. The zero-order chi connectivity index (χ0) is 14.5. The minimum Gasteiger partial charge on any atom is -0.478 e. The van der Waals surface area contributed by atoms with E-state index in [1.54, 1.807) is 30.3 Å². The largest absolute Gasteiger partial charge is 0.478 e. The lowest BCUT2D eigenvalue weighted by Gasteiger charge is -2.07. The van der Waals surface area contributed by atoms with Gasteiger partial charge in [-0.3, -0.25) is 4.79 Å². The Labute approximate surface area is 115 Å². The number of carboxylic acid groups (broad SMARTS) is 1. The summed E-state index contributed by atoms with van der Waals surface area (Å²) in [4.78, 5) is 25.6. The van der Waals surface area contributed by atoms with Gasteiger partial charge in [0.1, 0.15) is 5.82 Å². The van der Waals surface area contributed by atoms with Gasteiger partial charge in [0.25, 0.3) is 0 Å². The second kappa shape index (κ2) is 5.83. The van der Waals surface area contributed by atoms with Crippen molar-refractivity contribution in [1.29, 1.82) is 0 Å². The average molecular weight is 271 g/mol. The van der Waals surface area contributed by atoms with E-state index < -0.39 is 5.97 Å². The molecule has 0 saturated heterocycles. The molecule has 6 heteroatoms. The number of aromatic nitrogens is 1. The van der Waals surface area contributed by atoms with Crippen LogP contribution in [0, 0.1) is 0 Å². The van der Waals surface area contributed by atoms with Crippen LogP contribution in [-0.4, -0.2) is 22.0 Å². The zero-order valence-corrected chi connectivity index (χ0v) is 10.8. The van der Waals surface area contributed by atoms with Crippen molar-refractivity contribution >= 4 is 29.1 Å². The van der Waals surface area contributed by atoms with Crippen LogP contribution < -0.4 is 10.6 Å². The van der Waals surface area contributed by atoms with Crippen LogP contribution in [0.2, 0.25) is 0 Å². The van der Waals surface area contributed by atoms with Crippen LogP contribution in [-0.2, 0) is 4.79 Å². The smallest absolute Gasteiger partial charge is 0.337 e. The van der Waals surface area contributed by atoms with E-state index in [-0.39, 0.29) is 11.5 Å². The topological polar surface area (TPSA) is 91.3 Å². The van der Waals surface area contributed by atoms with Crippen molar-refractivity contribution in [3.8, 4) is 0 Å². The number of nitrogens with zero attached hydrogens (tertiary/aromatic N) is 1. The lowest BCUT2D eigenvalue weighted by Crippen LogP contribution is -2.05. The van der Waals surface area contributed by atoms with E-state index in [2.05, 4.69) is 15.6 Å². The maximum atomic E-state index is 10.9. The average Bonchev–Trinajstić information content (AvgIpc) is 2.41. The molecule has 0 aliphatic heterocycles. The van der Waals surface area contributed by atoms with Gasteiger partial charge in [0.2, 0.25) is 5.91 Å². The second-order valence-electron chi connectivity index (χ2n) is 4.12. The number of anilines is 3. The van der Waals surface area contributed by atoms with Crippen molar-refractivity contribution in [1.82, 2.24) is 4.98 Å². The van der Waals surface area contributed by atoms with Crippen LogP contribution in [0.5, 0.6) is 0 Å². The number of carbonyl (C=O) groups excluding carboxylic acids is 1. The Bertz CT molecular complexity index is 621. The summed E-state index contributed by atoms with van der Waals surface area (Å²) in [6, 6.07) is 10.2. The van der Waals surface area contributed by atoms with E-state index in [0.29, 0.717) is 11.5 Å². The molecule has 0 atom stereocenters. The Kier molecular flexibility index (Phi) is 3.95. The molecule has 0 fully saturated rings. The number of carboxylic acids is 1. The molecular weight excluding hydrogens is 258 g/mol. The first-order valence-electron chi connectivity index (χ1n) is 5.88. The van der Waals surface area contributed by atoms with E-state index >= 15 is 0 Å². The maximum Gasteiger partial charge on any atom is 0.337 e.